The molecule has 3 rings (SSSR count). The summed E-state index contributed by atoms with van der Waals surface area (Å²) >= 11 is 0. The van der Waals surface area contributed by atoms with Gasteiger partial charge in [0.25, 0.3) is 0 Å². The third-order valence-corrected chi connectivity index (χ3v) is 4.18. The first-order valence-corrected chi connectivity index (χ1v) is 7.75. The summed E-state index contributed by atoms with van der Waals surface area (Å²) in [6.07, 6.45) is 3.66. The zero-order valence-corrected chi connectivity index (χ0v) is 12.7. The van der Waals surface area contributed by atoms with Crippen molar-refractivity contribution in [3.05, 3.63) is 11.4 Å². The smallest absolute Gasteiger partial charge is 0.136 e. The predicted molar refractivity (Wildman–Crippen MR) is 82.4 cm³/mol. The van der Waals surface area contributed by atoms with Crippen LogP contribution in [0, 0.1) is 6.92 Å². The van der Waals surface area contributed by atoms with Crippen molar-refractivity contribution in [2.24, 2.45) is 0 Å². The number of aromatic nitrogens is 2. The van der Waals surface area contributed by atoms with Gasteiger partial charge in [-0.1, -0.05) is 0 Å². The summed E-state index contributed by atoms with van der Waals surface area (Å²) < 4.78 is 0. The molecule has 2 N–H and O–H groups in total. The maximum atomic E-state index is 4.78. The topological polar surface area (TPSA) is 53.1 Å². The molecule has 1 aromatic heterocycles. The Bertz CT molecular complexity index is 483. The Hall–Kier alpha value is -1.36. The molecule has 1 atom stereocenters. The van der Waals surface area contributed by atoms with Crippen molar-refractivity contribution < 1.29 is 0 Å². The molecule has 1 aliphatic heterocycles. The highest BCUT2D eigenvalue weighted by atomic mass is 15.2. The molecule has 0 aromatic carbocycles. The number of anilines is 2. The summed E-state index contributed by atoms with van der Waals surface area (Å²) in [5.41, 5.74) is 1.14. The molecule has 2 fully saturated rings. The molecule has 1 aromatic rings. The first-order chi connectivity index (χ1) is 9.67. The van der Waals surface area contributed by atoms with E-state index in [1.54, 1.807) is 0 Å². The molecule has 20 heavy (non-hydrogen) atoms. The molecule has 0 radical (unpaired) electrons. The minimum absolute atomic E-state index is 0.509. The summed E-state index contributed by atoms with van der Waals surface area (Å²) in [5.74, 6) is 3.62. The van der Waals surface area contributed by atoms with E-state index in [1.807, 2.05) is 0 Å². The second-order valence-electron chi connectivity index (χ2n) is 6.10. The first kappa shape index (κ1) is 13.6. The van der Waals surface area contributed by atoms with Crippen LogP contribution in [0.25, 0.3) is 0 Å². The van der Waals surface area contributed by atoms with Gasteiger partial charge in [0.2, 0.25) is 0 Å². The van der Waals surface area contributed by atoms with Crippen LogP contribution in [0.15, 0.2) is 0 Å². The highest BCUT2D eigenvalue weighted by Gasteiger charge is 2.29. The Balaban J connectivity index is 1.83. The molecule has 0 amide bonds. The molecule has 5 heteroatoms. The van der Waals surface area contributed by atoms with Gasteiger partial charge >= 0.3 is 0 Å². The van der Waals surface area contributed by atoms with Gasteiger partial charge in [-0.25, -0.2) is 9.97 Å². The maximum Gasteiger partial charge on any atom is 0.136 e. The van der Waals surface area contributed by atoms with Crippen LogP contribution in [0.5, 0.6) is 0 Å². The highest BCUT2D eigenvalue weighted by Crippen LogP contribution is 2.39. The molecular formula is C15H25N5. The molecule has 0 spiro atoms. The van der Waals surface area contributed by atoms with Gasteiger partial charge in [-0.3, -0.25) is 0 Å². The van der Waals surface area contributed by atoms with Crippen LogP contribution in [-0.4, -0.2) is 47.6 Å². The summed E-state index contributed by atoms with van der Waals surface area (Å²) in [6.45, 7) is 7.37. The van der Waals surface area contributed by atoms with Gasteiger partial charge in [-0.05, 0) is 46.7 Å². The number of nitrogens with zero attached hydrogens (tertiary/aromatic N) is 3. The van der Waals surface area contributed by atoms with E-state index in [4.69, 9.17) is 9.97 Å². The van der Waals surface area contributed by atoms with E-state index >= 15 is 0 Å². The van der Waals surface area contributed by atoms with Crippen molar-refractivity contribution in [1.82, 2.24) is 14.9 Å². The van der Waals surface area contributed by atoms with Gasteiger partial charge in [0.1, 0.15) is 17.5 Å². The Morgan fingerprint density at radius 2 is 1.95 bits per heavy atom. The normalized spacial score (nSPS) is 23.1. The van der Waals surface area contributed by atoms with Gasteiger partial charge in [0.15, 0.2) is 0 Å². The average Bonchev–Trinajstić information content (AvgIpc) is 3.19. The average molecular weight is 275 g/mol. The van der Waals surface area contributed by atoms with Crippen LogP contribution in [0.1, 0.15) is 43.5 Å². The van der Waals surface area contributed by atoms with Crippen LogP contribution < -0.4 is 10.6 Å². The zero-order chi connectivity index (χ0) is 14.1. The molecule has 2 heterocycles. The van der Waals surface area contributed by atoms with E-state index in [0.717, 1.165) is 42.7 Å². The Morgan fingerprint density at radius 1 is 1.20 bits per heavy atom. The molecule has 1 saturated carbocycles. The number of rotatable bonds is 5. The summed E-state index contributed by atoms with van der Waals surface area (Å²) in [5, 5.41) is 7.00. The third-order valence-electron chi connectivity index (χ3n) is 4.18. The van der Waals surface area contributed by atoms with Crippen molar-refractivity contribution in [2.45, 2.75) is 45.1 Å². The van der Waals surface area contributed by atoms with Gasteiger partial charge in [-0.15, -0.1) is 0 Å². The summed E-state index contributed by atoms with van der Waals surface area (Å²) in [4.78, 5) is 11.8. The standard InChI is InChI=1S/C15H25N5/c1-4-16-13-10(2)14(17-12-7-8-20(3)9-12)19-15(18-13)11-5-6-11/h11-12H,4-9H2,1-3H3,(H2,16,17,18,19). The van der Waals surface area contributed by atoms with Crippen LogP contribution >= 0.6 is 0 Å². The molecule has 1 saturated heterocycles. The molecule has 1 unspecified atom stereocenters. The maximum absolute atomic E-state index is 4.78. The highest BCUT2D eigenvalue weighted by molar-refractivity contribution is 5.58. The Labute approximate surface area is 121 Å². The van der Waals surface area contributed by atoms with E-state index in [2.05, 4.69) is 36.4 Å². The fourth-order valence-corrected chi connectivity index (χ4v) is 2.78. The molecule has 2 aliphatic rings. The lowest BCUT2D eigenvalue weighted by Gasteiger charge is -2.18. The second kappa shape index (κ2) is 5.56. The summed E-state index contributed by atoms with van der Waals surface area (Å²) in [6, 6.07) is 0.509. The number of likely N-dealkylation sites (tertiary alicyclic amines) is 1. The van der Waals surface area contributed by atoms with Gasteiger partial charge in [-0.2, -0.15) is 0 Å². The van der Waals surface area contributed by atoms with Crippen molar-refractivity contribution in [3.63, 3.8) is 0 Å². The zero-order valence-electron chi connectivity index (χ0n) is 12.7. The van der Waals surface area contributed by atoms with Crippen LogP contribution in [0.4, 0.5) is 11.6 Å². The lowest BCUT2D eigenvalue weighted by Crippen LogP contribution is -2.25. The third kappa shape index (κ3) is 2.87. The summed E-state index contributed by atoms with van der Waals surface area (Å²) in [7, 11) is 2.17. The van der Waals surface area contributed by atoms with Gasteiger partial charge in [0, 0.05) is 30.6 Å². The first-order valence-electron chi connectivity index (χ1n) is 7.75. The van der Waals surface area contributed by atoms with Gasteiger partial charge < -0.3 is 15.5 Å². The number of nitrogens with one attached hydrogen (secondary N) is 2. The molecular weight excluding hydrogens is 250 g/mol. The lowest BCUT2D eigenvalue weighted by molar-refractivity contribution is 0.414. The van der Waals surface area contributed by atoms with Crippen LogP contribution in [0.2, 0.25) is 0 Å². The van der Waals surface area contributed by atoms with E-state index in [-0.39, 0.29) is 0 Å². The lowest BCUT2D eigenvalue weighted by atomic mass is 10.2. The van der Waals surface area contributed by atoms with Crippen molar-refractivity contribution in [2.75, 3.05) is 37.3 Å². The van der Waals surface area contributed by atoms with E-state index in [1.165, 1.54) is 19.3 Å². The Morgan fingerprint density at radius 3 is 2.55 bits per heavy atom. The molecule has 110 valence electrons. The molecule has 5 nitrogen and oxygen atoms in total. The van der Waals surface area contributed by atoms with Crippen molar-refractivity contribution in [3.8, 4) is 0 Å². The minimum Gasteiger partial charge on any atom is -0.370 e. The Kier molecular flexibility index (Phi) is 3.78. The quantitative estimate of drug-likeness (QED) is 0.863. The minimum atomic E-state index is 0.509. The number of hydrogen-bond donors (Lipinski definition) is 2. The van der Waals surface area contributed by atoms with Crippen LogP contribution in [-0.2, 0) is 0 Å². The predicted octanol–water partition coefficient (Wildman–Crippen LogP) is 2.21. The van der Waals surface area contributed by atoms with E-state index < -0.39 is 0 Å². The fraction of sp³-hybridized carbons (Fsp3) is 0.733. The largest absolute Gasteiger partial charge is 0.370 e. The number of likely N-dealkylation sites (N-methyl/N-ethyl adjacent to an activating group) is 1. The van der Waals surface area contributed by atoms with Crippen molar-refractivity contribution >= 4 is 11.6 Å². The van der Waals surface area contributed by atoms with Gasteiger partial charge in [0.05, 0.1) is 0 Å². The number of hydrogen-bond acceptors (Lipinski definition) is 5. The van der Waals surface area contributed by atoms with Crippen LogP contribution in [0.3, 0.4) is 0 Å². The van der Waals surface area contributed by atoms with E-state index in [0.29, 0.717) is 12.0 Å². The monoisotopic (exact) mass is 275 g/mol. The SMILES string of the molecule is CCNc1nc(C2CC2)nc(NC2CCN(C)C2)c1C. The fourth-order valence-electron chi connectivity index (χ4n) is 2.78. The van der Waals surface area contributed by atoms with Crippen molar-refractivity contribution in [1.29, 1.82) is 0 Å². The molecule has 0 bridgehead atoms. The molecule has 1 aliphatic carbocycles. The second-order valence-corrected chi connectivity index (χ2v) is 6.10. The van der Waals surface area contributed by atoms with E-state index in [9.17, 15) is 0 Å².